The van der Waals surface area contributed by atoms with Crippen molar-refractivity contribution in [3.8, 4) is 17.2 Å². The smallest absolute Gasteiger partial charge is 0.325 e. The first kappa shape index (κ1) is 11.8. The predicted octanol–water partition coefficient (Wildman–Crippen LogP) is 1.16. The Bertz CT molecular complexity index is 473. The van der Waals surface area contributed by atoms with Gasteiger partial charge in [-0.25, -0.2) is 0 Å². The van der Waals surface area contributed by atoms with E-state index in [1.165, 1.54) is 13.2 Å². The first-order valence-electron chi connectivity index (χ1n) is 4.70. The zero-order valence-electron chi connectivity index (χ0n) is 8.90. The van der Waals surface area contributed by atoms with Crippen LogP contribution < -0.4 is 19.9 Å². The number of nitrogens with two attached hydrogens (primary N) is 1. The van der Waals surface area contributed by atoms with Gasteiger partial charge in [-0.1, -0.05) is 11.6 Å². The van der Waals surface area contributed by atoms with Crippen LogP contribution in [0.1, 0.15) is 11.6 Å². The van der Waals surface area contributed by atoms with Crippen LogP contribution in [0.4, 0.5) is 0 Å². The predicted molar refractivity (Wildman–Crippen MR) is 58.7 cm³/mol. The maximum Gasteiger partial charge on any atom is 0.325 e. The maximum atomic E-state index is 11.0. The molecule has 1 unspecified atom stereocenters. The van der Waals surface area contributed by atoms with Crippen molar-refractivity contribution in [2.24, 2.45) is 5.73 Å². The number of hydrogen-bond acceptors (Lipinski definition) is 5. The molecular formula is C10H10ClNO5. The zero-order chi connectivity index (χ0) is 12.6. The molecule has 1 aliphatic heterocycles. The number of aliphatic carboxylic acids is 1. The van der Waals surface area contributed by atoms with Crippen LogP contribution in [0, 0.1) is 0 Å². The number of ether oxygens (including phenoxy) is 3. The first-order chi connectivity index (χ1) is 8.06. The van der Waals surface area contributed by atoms with Crippen molar-refractivity contribution in [2.45, 2.75) is 6.04 Å². The number of fused-ring (bicyclic) bond motifs is 1. The third-order valence-electron chi connectivity index (χ3n) is 2.39. The van der Waals surface area contributed by atoms with Crippen LogP contribution in [0.2, 0.25) is 5.02 Å². The lowest BCUT2D eigenvalue weighted by atomic mass is 10.0. The van der Waals surface area contributed by atoms with E-state index in [-0.39, 0.29) is 28.9 Å². The summed E-state index contributed by atoms with van der Waals surface area (Å²) in [6.45, 7) is -0.00182. The summed E-state index contributed by atoms with van der Waals surface area (Å²) in [7, 11) is 1.38. The molecule has 0 saturated carbocycles. The fourth-order valence-electron chi connectivity index (χ4n) is 1.63. The van der Waals surface area contributed by atoms with Gasteiger partial charge < -0.3 is 25.1 Å². The summed E-state index contributed by atoms with van der Waals surface area (Å²) < 4.78 is 15.4. The zero-order valence-corrected chi connectivity index (χ0v) is 9.65. The van der Waals surface area contributed by atoms with Gasteiger partial charge in [0.15, 0.2) is 11.5 Å². The molecule has 0 spiro atoms. The minimum atomic E-state index is -1.29. The topological polar surface area (TPSA) is 91.0 Å². The number of carboxylic acids is 1. The van der Waals surface area contributed by atoms with Crippen LogP contribution in [-0.2, 0) is 4.79 Å². The van der Waals surface area contributed by atoms with Gasteiger partial charge in [0, 0.05) is 6.07 Å². The van der Waals surface area contributed by atoms with Gasteiger partial charge in [-0.05, 0) is 0 Å². The summed E-state index contributed by atoms with van der Waals surface area (Å²) in [6, 6.07) is 0.208. The van der Waals surface area contributed by atoms with E-state index in [1.807, 2.05) is 0 Å². The Labute approximate surface area is 102 Å². The van der Waals surface area contributed by atoms with E-state index < -0.39 is 12.0 Å². The molecule has 0 bridgehead atoms. The molecule has 1 heterocycles. The van der Waals surface area contributed by atoms with Crippen molar-refractivity contribution in [2.75, 3.05) is 13.9 Å². The lowest BCUT2D eigenvalue weighted by molar-refractivity contribution is -0.138. The van der Waals surface area contributed by atoms with Gasteiger partial charge in [-0.2, -0.15) is 0 Å². The molecule has 17 heavy (non-hydrogen) atoms. The molecule has 1 aliphatic rings. The molecular weight excluding hydrogens is 250 g/mol. The van der Waals surface area contributed by atoms with Gasteiger partial charge in [-0.15, -0.1) is 0 Å². The van der Waals surface area contributed by atoms with Crippen molar-refractivity contribution in [1.82, 2.24) is 0 Å². The van der Waals surface area contributed by atoms with E-state index in [0.717, 1.165) is 0 Å². The summed E-state index contributed by atoms with van der Waals surface area (Å²) in [5.41, 5.74) is 5.76. The van der Waals surface area contributed by atoms with Gasteiger partial charge in [0.25, 0.3) is 0 Å². The monoisotopic (exact) mass is 259 g/mol. The number of hydrogen-bond donors (Lipinski definition) is 2. The highest BCUT2D eigenvalue weighted by Crippen LogP contribution is 2.47. The molecule has 0 saturated heterocycles. The highest BCUT2D eigenvalue weighted by atomic mass is 35.5. The molecule has 92 valence electrons. The van der Waals surface area contributed by atoms with Crippen molar-refractivity contribution in [3.63, 3.8) is 0 Å². The second-order valence-corrected chi connectivity index (χ2v) is 3.76. The normalized spacial score (nSPS) is 14.5. The highest BCUT2D eigenvalue weighted by Gasteiger charge is 2.31. The fourth-order valence-corrected chi connectivity index (χ4v) is 1.91. The third kappa shape index (κ3) is 1.85. The SMILES string of the molecule is COc1c(Cl)cc2c(c1C(N)C(=O)O)OCO2. The summed E-state index contributed by atoms with van der Waals surface area (Å²) in [5.74, 6) is -0.391. The largest absolute Gasteiger partial charge is 0.495 e. The lowest BCUT2D eigenvalue weighted by Gasteiger charge is -2.15. The van der Waals surface area contributed by atoms with E-state index in [1.54, 1.807) is 0 Å². The van der Waals surface area contributed by atoms with Crippen molar-refractivity contribution in [3.05, 3.63) is 16.7 Å². The summed E-state index contributed by atoms with van der Waals surface area (Å²) >= 11 is 5.95. The Balaban J connectivity index is 2.65. The maximum absolute atomic E-state index is 11.0. The molecule has 6 nitrogen and oxygen atoms in total. The van der Waals surface area contributed by atoms with Gasteiger partial charge in [0.2, 0.25) is 6.79 Å². The third-order valence-corrected chi connectivity index (χ3v) is 2.67. The van der Waals surface area contributed by atoms with Gasteiger partial charge in [0.05, 0.1) is 17.7 Å². The van der Waals surface area contributed by atoms with Crippen molar-refractivity contribution in [1.29, 1.82) is 0 Å². The van der Waals surface area contributed by atoms with Crippen LogP contribution in [0.15, 0.2) is 6.07 Å². The van der Waals surface area contributed by atoms with Crippen LogP contribution in [0.5, 0.6) is 17.2 Å². The Morgan fingerprint density at radius 1 is 1.65 bits per heavy atom. The summed E-state index contributed by atoms with van der Waals surface area (Å²) in [5, 5.41) is 9.18. The number of methoxy groups -OCH3 is 1. The molecule has 0 aromatic heterocycles. The van der Waals surface area contributed by atoms with Crippen molar-refractivity contribution < 1.29 is 24.1 Å². The Kier molecular flexibility index (Phi) is 2.99. The molecule has 3 N–H and O–H groups in total. The minimum absolute atomic E-state index is 0.00182. The van der Waals surface area contributed by atoms with E-state index in [9.17, 15) is 4.79 Å². The first-order valence-corrected chi connectivity index (χ1v) is 5.08. The van der Waals surface area contributed by atoms with Crippen LogP contribution in [0.25, 0.3) is 0 Å². The van der Waals surface area contributed by atoms with Crippen LogP contribution in [0.3, 0.4) is 0 Å². The Hall–Kier alpha value is -1.66. The van der Waals surface area contributed by atoms with Crippen molar-refractivity contribution >= 4 is 17.6 Å². The van der Waals surface area contributed by atoms with Gasteiger partial charge in [0.1, 0.15) is 11.8 Å². The molecule has 0 radical (unpaired) electrons. The number of halogens is 1. The summed E-state index contributed by atoms with van der Waals surface area (Å²) in [6.07, 6.45) is 0. The second kappa shape index (κ2) is 4.31. The van der Waals surface area contributed by atoms with Gasteiger partial charge in [-0.3, -0.25) is 4.79 Å². The fraction of sp³-hybridized carbons (Fsp3) is 0.300. The van der Waals surface area contributed by atoms with E-state index in [2.05, 4.69) is 0 Å². The average molecular weight is 260 g/mol. The van der Waals surface area contributed by atoms with Crippen LogP contribution in [-0.4, -0.2) is 25.0 Å². The second-order valence-electron chi connectivity index (χ2n) is 3.36. The molecule has 1 atom stereocenters. The molecule has 2 rings (SSSR count). The minimum Gasteiger partial charge on any atom is -0.495 e. The molecule has 0 amide bonds. The summed E-state index contributed by atoms with van der Waals surface area (Å²) in [4.78, 5) is 11.0. The highest BCUT2D eigenvalue weighted by molar-refractivity contribution is 6.32. The molecule has 1 aromatic rings. The lowest BCUT2D eigenvalue weighted by Crippen LogP contribution is -2.22. The molecule has 1 aromatic carbocycles. The average Bonchev–Trinajstić information content (AvgIpc) is 2.73. The number of carbonyl (C=O) groups is 1. The molecule has 0 aliphatic carbocycles. The standard InChI is InChI=1S/C10H10ClNO5/c1-15-8-4(11)2-5-9(17-3-16-5)6(8)7(12)10(13)14/h2,7H,3,12H2,1H3,(H,13,14). The Morgan fingerprint density at radius 2 is 2.35 bits per heavy atom. The van der Waals surface area contributed by atoms with E-state index in [0.29, 0.717) is 5.75 Å². The number of benzene rings is 1. The van der Waals surface area contributed by atoms with Gasteiger partial charge >= 0.3 is 5.97 Å². The molecule has 7 heteroatoms. The Morgan fingerprint density at radius 3 is 2.94 bits per heavy atom. The van der Waals surface area contributed by atoms with E-state index >= 15 is 0 Å². The number of rotatable bonds is 3. The quantitative estimate of drug-likeness (QED) is 0.846. The number of carboxylic acid groups (broad SMARTS) is 1. The van der Waals surface area contributed by atoms with E-state index in [4.69, 9.17) is 36.7 Å². The molecule has 0 fully saturated rings. The van der Waals surface area contributed by atoms with Crippen LogP contribution >= 0.6 is 11.6 Å².